The fourth-order valence-electron chi connectivity index (χ4n) is 2.05. The number of benzene rings is 1. The van der Waals surface area contributed by atoms with Gasteiger partial charge in [0.15, 0.2) is 18.1 Å². The van der Waals surface area contributed by atoms with Gasteiger partial charge in [-0.15, -0.1) is 0 Å². The van der Waals surface area contributed by atoms with Gasteiger partial charge in [-0.05, 0) is 18.2 Å². The second-order valence-corrected chi connectivity index (χ2v) is 4.96. The van der Waals surface area contributed by atoms with E-state index in [1.165, 1.54) is 26.4 Å². The van der Waals surface area contributed by atoms with Crippen molar-refractivity contribution in [2.75, 3.05) is 20.8 Å². The molecule has 0 fully saturated rings. The lowest BCUT2D eigenvalue weighted by atomic mass is 10.1. The number of aromatic nitrogens is 2. The van der Waals surface area contributed by atoms with Gasteiger partial charge < -0.3 is 24.3 Å². The maximum absolute atomic E-state index is 11.7. The number of aromatic amines is 1. The number of ether oxygens (including phenoxy) is 3. The van der Waals surface area contributed by atoms with E-state index in [1.807, 2.05) is 0 Å². The van der Waals surface area contributed by atoms with Gasteiger partial charge in [-0.1, -0.05) is 12.1 Å². The third-order valence-electron chi connectivity index (χ3n) is 3.29. The first kappa shape index (κ1) is 19.4. The van der Waals surface area contributed by atoms with Crippen molar-refractivity contribution in [3.05, 3.63) is 50.1 Å². The number of methoxy groups -OCH3 is 2. The average molecular weight is 377 g/mol. The molecule has 27 heavy (non-hydrogen) atoms. The summed E-state index contributed by atoms with van der Waals surface area (Å²) in [6.07, 6.45) is 2.75. The van der Waals surface area contributed by atoms with E-state index in [2.05, 4.69) is 14.7 Å². The summed E-state index contributed by atoms with van der Waals surface area (Å²) >= 11 is 0. The lowest BCUT2D eigenvalue weighted by Gasteiger charge is -2.12. The van der Waals surface area contributed by atoms with Crippen molar-refractivity contribution in [2.45, 2.75) is 0 Å². The van der Waals surface area contributed by atoms with E-state index in [0.29, 0.717) is 11.3 Å². The second kappa shape index (κ2) is 8.47. The van der Waals surface area contributed by atoms with Crippen LogP contribution in [-0.2, 0) is 9.53 Å². The summed E-state index contributed by atoms with van der Waals surface area (Å²) in [6, 6.07) is 4.91. The number of aromatic hydroxyl groups is 1. The fourth-order valence-corrected chi connectivity index (χ4v) is 2.05. The number of nitrogens with one attached hydrogen (secondary N) is 1. The molecule has 0 spiro atoms. The monoisotopic (exact) mass is 377 g/mol. The number of nitro groups is 1. The summed E-state index contributed by atoms with van der Waals surface area (Å²) in [5.74, 6) is -1.15. The number of rotatable bonds is 7. The van der Waals surface area contributed by atoms with Crippen LogP contribution in [-0.4, -0.2) is 46.8 Å². The Bertz CT molecular complexity index is 951. The normalized spacial score (nSPS) is 10.6. The van der Waals surface area contributed by atoms with Crippen LogP contribution < -0.4 is 15.0 Å². The number of carbonyl (C=O) groups excluding carboxylic acids is 1. The molecular formula is C16H15N3O8. The lowest BCUT2D eigenvalue weighted by molar-refractivity contribution is -0.387. The highest BCUT2D eigenvalue weighted by molar-refractivity contribution is 5.74. The van der Waals surface area contributed by atoms with Gasteiger partial charge in [-0.25, -0.2) is 4.79 Å². The Labute approximate surface area is 152 Å². The summed E-state index contributed by atoms with van der Waals surface area (Å²) in [4.78, 5) is 38.4. The molecule has 0 bridgehead atoms. The van der Waals surface area contributed by atoms with Crippen molar-refractivity contribution in [3.63, 3.8) is 0 Å². The molecule has 0 amide bonds. The second-order valence-electron chi connectivity index (χ2n) is 4.96. The number of nitrogens with zero attached hydrogens (tertiary/aromatic N) is 2. The zero-order valence-electron chi connectivity index (χ0n) is 14.3. The van der Waals surface area contributed by atoms with Gasteiger partial charge in [0.1, 0.15) is 5.82 Å². The molecule has 11 heteroatoms. The molecule has 0 aliphatic heterocycles. The van der Waals surface area contributed by atoms with Crippen molar-refractivity contribution in [1.82, 2.24) is 9.97 Å². The third-order valence-corrected chi connectivity index (χ3v) is 3.29. The molecule has 1 aromatic carbocycles. The topological polar surface area (TPSA) is 154 Å². The molecule has 0 saturated carbocycles. The van der Waals surface area contributed by atoms with Crippen LogP contribution in [0.15, 0.2) is 23.0 Å². The number of esters is 1. The lowest BCUT2D eigenvalue weighted by Crippen LogP contribution is -2.14. The minimum absolute atomic E-state index is 0.121. The van der Waals surface area contributed by atoms with Crippen LogP contribution in [0.5, 0.6) is 17.4 Å². The minimum atomic E-state index is -1.10. The molecule has 1 aromatic heterocycles. The summed E-state index contributed by atoms with van der Waals surface area (Å²) in [5.41, 5.74) is -1.69. The van der Waals surface area contributed by atoms with E-state index in [4.69, 9.17) is 9.47 Å². The number of hydrogen-bond donors (Lipinski definition) is 2. The van der Waals surface area contributed by atoms with Crippen molar-refractivity contribution >= 4 is 23.8 Å². The van der Waals surface area contributed by atoms with Crippen molar-refractivity contribution in [3.8, 4) is 17.4 Å². The predicted octanol–water partition coefficient (Wildman–Crippen LogP) is 1.11. The van der Waals surface area contributed by atoms with Crippen molar-refractivity contribution in [2.24, 2.45) is 0 Å². The molecule has 0 aliphatic rings. The molecule has 0 unspecified atom stereocenters. The highest BCUT2D eigenvalue weighted by Gasteiger charge is 2.21. The highest BCUT2D eigenvalue weighted by Crippen LogP contribution is 2.32. The summed E-state index contributed by atoms with van der Waals surface area (Å²) in [7, 11) is 2.64. The van der Waals surface area contributed by atoms with Crippen molar-refractivity contribution < 1.29 is 29.0 Å². The maximum atomic E-state index is 11.7. The zero-order valence-corrected chi connectivity index (χ0v) is 14.3. The fraction of sp³-hybridized carbons (Fsp3) is 0.188. The van der Waals surface area contributed by atoms with E-state index in [1.54, 1.807) is 18.2 Å². The molecule has 11 nitrogen and oxygen atoms in total. The number of para-hydroxylation sites is 1. The van der Waals surface area contributed by atoms with Gasteiger partial charge in [-0.3, -0.25) is 14.9 Å². The van der Waals surface area contributed by atoms with Gasteiger partial charge in [0, 0.05) is 5.56 Å². The van der Waals surface area contributed by atoms with Crippen LogP contribution in [0.2, 0.25) is 0 Å². The Kier molecular flexibility index (Phi) is 6.10. The van der Waals surface area contributed by atoms with Crippen LogP contribution in [0, 0.1) is 10.1 Å². The van der Waals surface area contributed by atoms with Crippen LogP contribution in [0.25, 0.3) is 12.2 Å². The van der Waals surface area contributed by atoms with Gasteiger partial charge in [-0.2, -0.15) is 4.98 Å². The van der Waals surface area contributed by atoms with Gasteiger partial charge >= 0.3 is 17.2 Å². The van der Waals surface area contributed by atoms with E-state index in [0.717, 1.165) is 0 Å². The quantitative estimate of drug-likeness (QED) is 0.410. The van der Waals surface area contributed by atoms with Gasteiger partial charge in [0.25, 0.3) is 5.88 Å². The van der Waals surface area contributed by atoms with Crippen LogP contribution in [0.3, 0.4) is 0 Å². The molecule has 0 radical (unpaired) electrons. The largest absolute Gasteiger partial charge is 0.493 e. The van der Waals surface area contributed by atoms with E-state index < -0.39 is 28.0 Å². The number of H-pyrrole nitrogens is 1. The van der Waals surface area contributed by atoms with E-state index >= 15 is 0 Å². The Balaban J connectivity index is 2.38. The maximum Gasteiger partial charge on any atom is 0.395 e. The molecule has 2 N–H and O–H groups in total. The van der Waals surface area contributed by atoms with E-state index in [-0.39, 0.29) is 18.2 Å². The van der Waals surface area contributed by atoms with Gasteiger partial charge in [0.05, 0.1) is 19.1 Å². The molecule has 2 aromatic rings. The minimum Gasteiger partial charge on any atom is -0.493 e. The predicted molar refractivity (Wildman–Crippen MR) is 92.6 cm³/mol. The SMILES string of the molecule is COC(=O)COc1c(/C=C/c2nc(O)c([N+](=O)[O-])c(=O)[nH]2)cccc1OC. The molecule has 0 saturated heterocycles. The third kappa shape index (κ3) is 4.60. The standard InChI is InChI=1S/C16H15N3O8/c1-25-10-5-3-4-9(14(10)27-8-12(20)26-2)6-7-11-17-15(21)13(19(23)24)16(22)18-11/h3-7H,8H2,1-2H3,(H2,17,18,21,22)/b7-6+. The Morgan fingerprint density at radius 3 is 2.70 bits per heavy atom. The van der Waals surface area contributed by atoms with Crippen LogP contribution >= 0.6 is 0 Å². The first-order chi connectivity index (χ1) is 12.9. The summed E-state index contributed by atoms with van der Waals surface area (Å²) in [6.45, 7) is -0.356. The first-order valence-electron chi connectivity index (χ1n) is 7.39. The van der Waals surface area contributed by atoms with Gasteiger partial charge in [0.2, 0.25) is 0 Å². The smallest absolute Gasteiger partial charge is 0.395 e. The van der Waals surface area contributed by atoms with Crippen LogP contribution in [0.4, 0.5) is 5.69 Å². The average Bonchev–Trinajstić information content (AvgIpc) is 2.63. The van der Waals surface area contributed by atoms with E-state index in [9.17, 15) is 24.8 Å². The molecule has 1 heterocycles. The molecular weight excluding hydrogens is 362 g/mol. The summed E-state index contributed by atoms with van der Waals surface area (Å²) < 4.78 is 15.1. The van der Waals surface area contributed by atoms with Crippen molar-refractivity contribution in [1.29, 1.82) is 0 Å². The zero-order chi connectivity index (χ0) is 20.0. The molecule has 0 atom stereocenters. The molecule has 2 rings (SSSR count). The molecule has 142 valence electrons. The highest BCUT2D eigenvalue weighted by atomic mass is 16.6. The molecule has 0 aliphatic carbocycles. The van der Waals surface area contributed by atoms with Crippen LogP contribution in [0.1, 0.15) is 11.4 Å². The number of hydrogen-bond acceptors (Lipinski definition) is 9. The Morgan fingerprint density at radius 2 is 2.11 bits per heavy atom. The Hall–Kier alpha value is -3.89. The first-order valence-corrected chi connectivity index (χ1v) is 7.39. The Morgan fingerprint density at radius 1 is 1.37 bits per heavy atom. The number of carbonyl (C=O) groups is 1. The summed E-state index contributed by atoms with van der Waals surface area (Å²) in [5, 5.41) is 20.2.